The second-order valence-electron chi connectivity index (χ2n) is 3.67. The maximum absolute atomic E-state index is 5.18. The van der Waals surface area contributed by atoms with Crippen LogP contribution in [0.2, 0.25) is 0 Å². The van der Waals surface area contributed by atoms with Crippen LogP contribution in [0.1, 0.15) is 6.92 Å². The number of pyridine rings is 1. The summed E-state index contributed by atoms with van der Waals surface area (Å²) in [4.78, 5) is 0. The molecule has 0 saturated carbocycles. The Balaban J connectivity index is 2.01. The number of nitrogens with one attached hydrogen (secondary N) is 1. The molecule has 0 spiro atoms. The predicted octanol–water partition coefficient (Wildman–Crippen LogP) is 1.43. The molecule has 4 nitrogen and oxygen atoms in total. The van der Waals surface area contributed by atoms with Crippen LogP contribution >= 0.6 is 11.8 Å². The molecular formula is C12H14N4S. The van der Waals surface area contributed by atoms with Gasteiger partial charge in [-0.3, -0.25) is 4.40 Å². The average Bonchev–Trinajstić information content (AvgIpc) is 2.73. The highest BCUT2D eigenvalue weighted by Gasteiger charge is 2.09. The Morgan fingerprint density at radius 2 is 2.41 bits per heavy atom. The summed E-state index contributed by atoms with van der Waals surface area (Å²) in [5, 5.41) is 12.8. The van der Waals surface area contributed by atoms with Crippen molar-refractivity contribution in [1.82, 2.24) is 19.9 Å². The van der Waals surface area contributed by atoms with Gasteiger partial charge in [0.1, 0.15) is 0 Å². The van der Waals surface area contributed by atoms with Crippen molar-refractivity contribution in [3.8, 4) is 12.3 Å². The third-order valence-corrected chi connectivity index (χ3v) is 3.31. The van der Waals surface area contributed by atoms with Gasteiger partial charge in [0.05, 0.1) is 6.54 Å². The Hall–Kier alpha value is -1.51. The van der Waals surface area contributed by atoms with E-state index in [1.165, 1.54) is 0 Å². The molecule has 2 aromatic heterocycles. The zero-order valence-electron chi connectivity index (χ0n) is 9.63. The number of hydrogen-bond donors (Lipinski definition) is 1. The van der Waals surface area contributed by atoms with Gasteiger partial charge in [0.15, 0.2) is 10.8 Å². The molecule has 0 radical (unpaired) electrons. The van der Waals surface area contributed by atoms with Crippen LogP contribution in [0.5, 0.6) is 0 Å². The van der Waals surface area contributed by atoms with Crippen molar-refractivity contribution in [2.24, 2.45) is 0 Å². The minimum Gasteiger partial charge on any atom is -0.305 e. The van der Waals surface area contributed by atoms with E-state index in [1.807, 2.05) is 28.8 Å². The van der Waals surface area contributed by atoms with Gasteiger partial charge in [-0.2, -0.15) is 0 Å². The molecule has 0 aromatic carbocycles. The van der Waals surface area contributed by atoms with Crippen molar-refractivity contribution in [1.29, 1.82) is 0 Å². The number of rotatable bonds is 5. The van der Waals surface area contributed by atoms with Crippen LogP contribution in [0.15, 0.2) is 29.6 Å². The summed E-state index contributed by atoms with van der Waals surface area (Å²) in [7, 11) is 0. The molecule has 2 rings (SSSR count). The lowest BCUT2D eigenvalue weighted by atomic mass is 10.4. The molecule has 1 unspecified atom stereocenters. The number of nitrogens with zero attached hydrogens (tertiary/aromatic N) is 3. The third-order valence-electron chi connectivity index (χ3n) is 2.25. The van der Waals surface area contributed by atoms with E-state index < -0.39 is 0 Å². The van der Waals surface area contributed by atoms with E-state index >= 15 is 0 Å². The number of aromatic nitrogens is 3. The van der Waals surface area contributed by atoms with E-state index in [2.05, 4.69) is 28.4 Å². The van der Waals surface area contributed by atoms with Gasteiger partial charge in [0, 0.05) is 18.0 Å². The average molecular weight is 246 g/mol. The first-order valence-electron chi connectivity index (χ1n) is 5.42. The maximum atomic E-state index is 5.18. The second-order valence-corrected chi connectivity index (χ2v) is 5.08. The van der Waals surface area contributed by atoms with E-state index in [1.54, 1.807) is 11.8 Å². The molecule has 0 fully saturated rings. The van der Waals surface area contributed by atoms with Gasteiger partial charge in [-0.1, -0.05) is 30.7 Å². The van der Waals surface area contributed by atoms with Crippen molar-refractivity contribution < 1.29 is 0 Å². The van der Waals surface area contributed by atoms with E-state index in [0.717, 1.165) is 17.3 Å². The molecule has 1 N–H and O–H groups in total. The molecule has 1 atom stereocenters. The van der Waals surface area contributed by atoms with E-state index in [4.69, 9.17) is 6.42 Å². The van der Waals surface area contributed by atoms with Gasteiger partial charge in [0.2, 0.25) is 0 Å². The van der Waals surface area contributed by atoms with Crippen molar-refractivity contribution in [2.45, 2.75) is 17.3 Å². The fraction of sp³-hybridized carbons (Fsp3) is 0.333. The van der Waals surface area contributed by atoms with Gasteiger partial charge in [0.25, 0.3) is 0 Å². The highest BCUT2D eigenvalue weighted by molar-refractivity contribution is 7.99. The summed E-state index contributed by atoms with van der Waals surface area (Å²) < 4.78 is 1.99. The zero-order valence-corrected chi connectivity index (χ0v) is 10.4. The highest BCUT2D eigenvalue weighted by atomic mass is 32.2. The van der Waals surface area contributed by atoms with Gasteiger partial charge in [-0.25, -0.2) is 0 Å². The maximum Gasteiger partial charge on any atom is 0.195 e. The first-order valence-corrected chi connectivity index (χ1v) is 6.30. The number of thioether (sulfide) groups is 1. The second kappa shape index (κ2) is 5.71. The van der Waals surface area contributed by atoms with Crippen LogP contribution in [0.4, 0.5) is 0 Å². The normalized spacial score (nSPS) is 12.5. The molecule has 5 heteroatoms. The lowest BCUT2D eigenvalue weighted by Crippen LogP contribution is -2.23. The van der Waals surface area contributed by atoms with Crippen molar-refractivity contribution in [3.05, 3.63) is 24.4 Å². The quantitative estimate of drug-likeness (QED) is 0.492. The fourth-order valence-electron chi connectivity index (χ4n) is 1.47. The topological polar surface area (TPSA) is 42.2 Å². The lowest BCUT2D eigenvalue weighted by Gasteiger charge is -2.09. The van der Waals surface area contributed by atoms with Crippen LogP contribution in [-0.4, -0.2) is 32.9 Å². The van der Waals surface area contributed by atoms with E-state index in [-0.39, 0.29) is 0 Å². The minimum atomic E-state index is 0.399. The first-order chi connectivity index (χ1) is 8.31. The lowest BCUT2D eigenvalue weighted by molar-refractivity contribution is 0.744. The summed E-state index contributed by atoms with van der Waals surface area (Å²) >= 11 is 1.69. The predicted molar refractivity (Wildman–Crippen MR) is 70.0 cm³/mol. The van der Waals surface area contributed by atoms with Crippen LogP contribution in [0, 0.1) is 12.3 Å². The fourth-order valence-corrected chi connectivity index (χ4v) is 2.39. The molecular weight excluding hydrogens is 232 g/mol. The molecule has 2 aromatic rings. The SMILES string of the molecule is C#CCNCC(C)Sc1nnc2ccccn12. The third kappa shape index (κ3) is 2.99. The zero-order chi connectivity index (χ0) is 12.1. The minimum absolute atomic E-state index is 0.399. The Morgan fingerprint density at radius 3 is 3.24 bits per heavy atom. The summed E-state index contributed by atoms with van der Waals surface area (Å²) in [6.07, 6.45) is 7.15. The molecule has 2 heterocycles. The van der Waals surface area contributed by atoms with Crippen molar-refractivity contribution >= 4 is 17.4 Å². The first kappa shape index (κ1) is 12.0. The molecule has 0 bridgehead atoms. The smallest absolute Gasteiger partial charge is 0.195 e. The Morgan fingerprint density at radius 1 is 1.53 bits per heavy atom. The molecule has 0 aliphatic carbocycles. The highest BCUT2D eigenvalue weighted by Crippen LogP contribution is 2.21. The molecule has 88 valence electrons. The van der Waals surface area contributed by atoms with Gasteiger partial charge < -0.3 is 5.32 Å². The van der Waals surface area contributed by atoms with Crippen molar-refractivity contribution in [3.63, 3.8) is 0 Å². The van der Waals surface area contributed by atoms with Gasteiger partial charge in [-0.05, 0) is 12.1 Å². The molecule has 0 aliphatic heterocycles. The summed E-state index contributed by atoms with van der Waals surface area (Å²) in [5.74, 6) is 2.56. The number of hydrogen-bond acceptors (Lipinski definition) is 4. The standard InChI is InChI=1S/C12H14N4S/c1-3-7-13-9-10(2)17-12-15-14-11-6-4-5-8-16(11)12/h1,4-6,8,10,13H,7,9H2,2H3. The van der Waals surface area contributed by atoms with Crippen LogP contribution in [-0.2, 0) is 0 Å². The monoisotopic (exact) mass is 246 g/mol. The Labute approximate surface area is 105 Å². The van der Waals surface area contributed by atoms with Gasteiger partial charge in [-0.15, -0.1) is 16.6 Å². The van der Waals surface area contributed by atoms with E-state index in [0.29, 0.717) is 11.8 Å². The Bertz CT molecular complexity index is 529. The van der Waals surface area contributed by atoms with Crippen molar-refractivity contribution in [2.75, 3.05) is 13.1 Å². The molecule has 0 aliphatic rings. The number of fused-ring (bicyclic) bond motifs is 1. The summed E-state index contributed by atoms with van der Waals surface area (Å²) in [6.45, 7) is 3.60. The van der Waals surface area contributed by atoms with Crippen LogP contribution in [0.25, 0.3) is 5.65 Å². The largest absolute Gasteiger partial charge is 0.305 e. The summed E-state index contributed by atoms with van der Waals surface area (Å²) in [5.41, 5.74) is 0.874. The molecule has 0 saturated heterocycles. The summed E-state index contributed by atoms with van der Waals surface area (Å²) in [6, 6.07) is 5.87. The molecule has 0 amide bonds. The molecule has 17 heavy (non-hydrogen) atoms. The number of terminal acetylenes is 1. The van der Waals surface area contributed by atoms with Gasteiger partial charge >= 0.3 is 0 Å². The van der Waals surface area contributed by atoms with Crippen LogP contribution < -0.4 is 5.32 Å². The Kier molecular flexibility index (Phi) is 4.02. The van der Waals surface area contributed by atoms with E-state index in [9.17, 15) is 0 Å². The van der Waals surface area contributed by atoms with Crippen LogP contribution in [0.3, 0.4) is 0 Å².